The quantitative estimate of drug-likeness (QED) is 0.0169. The maximum absolute atomic E-state index is 13.1. The summed E-state index contributed by atoms with van der Waals surface area (Å²) in [6.07, 6.45) is 80.1. The lowest BCUT2D eigenvalue weighted by atomic mass is 10.0. The van der Waals surface area contributed by atoms with E-state index in [0.29, 0.717) is 32.1 Å². The molecule has 0 saturated carbocycles. The first-order valence-corrected chi connectivity index (χ1v) is 45.2. The van der Waals surface area contributed by atoms with Crippen LogP contribution >= 0.6 is 15.6 Å². The number of hydrogen-bond donors (Lipinski definition) is 3. The van der Waals surface area contributed by atoms with Crippen molar-refractivity contribution in [2.45, 2.75) is 406 Å². The summed E-state index contributed by atoms with van der Waals surface area (Å²) in [5.41, 5.74) is 0. The van der Waals surface area contributed by atoms with Crippen LogP contribution in [-0.4, -0.2) is 96.7 Å². The van der Waals surface area contributed by atoms with E-state index >= 15 is 0 Å². The summed E-state index contributed by atoms with van der Waals surface area (Å²) in [6, 6.07) is 0. The molecule has 0 bridgehead atoms. The Morgan fingerprint density at radius 3 is 0.779 bits per heavy atom. The van der Waals surface area contributed by atoms with E-state index < -0.39 is 97.5 Å². The second-order valence-electron chi connectivity index (χ2n) is 28.4. The Hall–Kier alpha value is -3.50. The number of phosphoric acid groups is 2. The lowest BCUT2D eigenvalue weighted by molar-refractivity contribution is -0.161. The Labute approximate surface area is 634 Å². The Kier molecular flexibility index (Phi) is 75.0. The number of phosphoric ester groups is 2. The number of aliphatic hydroxyl groups is 1. The van der Waals surface area contributed by atoms with Gasteiger partial charge in [0.25, 0.3) is 0 Å². The normalized spacial score (nSPS) is 14.2. The minimum atomic E-state index is -4.99. The van der Waals surface area contributed by atoms with Gasteiger partial charge >= 0.3 is 39.5 Å². The Bertz CT molecular complexity index is 2250. The molecule has 19 heteroatoms. The highest BCUT2D eigenvalue weighted by molar-refractivity contribution is 7.47. The zero-order valence-corrected chi connectivity index (χ0v) is 68.2. The van der Waals surface area contributed by atoms with Gasteiger partial charge in [-0.1, -0.05) is 338 Å². The highest BCUT2D eigenvalue weighted by Gasteiger charge is 2.30. The molecule has 606 valence electrons. The van der Waals surface area contributed by atoms with E-state index in [4.69, 9.17) is 37.0 Å². The fourth-order valence-electron chi connectivity index (χ4n) is 11.7. The molecule has 0 heterocycles. The molecule has 0 fully saturated rings. The molecule has 0 aromatic carbocycles. The van der Waals surface area contributed by atoms with Crippen molar-refractivity contribution in [1.82, 2.24) is 0 Å². The average Bonchev–Trinajstić information content (AvgIpc) is 0.926. The van der Waals surface area contributed by atoms with Gasteiger partial charge in [-0.05, 0) is 96.3 Å². The van der Waals surface area contributed by atoms with Gasteiger partial charge in [0.2, 0.25) is 0 Å². The summed E-state index contributed by atoms with van der Waals surface area (Å²) < 4.78 is 68.7. The van der Waals surface area contributed by atoms with E-state index in [0.717, 1.165) is 122 Å². The number of allylic oxidation sites excluding steroid dienone is 12. The minimum Gasteiger partial charge on any atom is -0.462 e. The van der Waals surface area contributed by atoms with Crippen molar-refractivity contribution in [3.63, 3.8) is 0 Å². The highest BCUT2D eigenvalue weighted by atomic mass is 31.2. The van der Waals surface area contributed by atoms with Crippen molar-refractivity contribution >= 4 is 39.5 Å². The lowest BCUT2D eigenvalue weighted by Gasteiger charge is -2.21. The Morgan fingerprint density at radius 2 is 0.481 bits per heavy atom. The first-order valence-electron chi connectivity index (χ1n) is 42.2. The zero-order chi connectivity index (χ0) is 76.0. The van der Waals surface area contributed by atoms with E-state index in [1.807, 2.05) is 12.2 Å². The second kappa shape index (κ2) is 77.7. The summed E-state index contributed by atoms with van der Waals surface area (Å²) >= 11 is 0. The minimum absolute atomic E-state index is 0.0894. The van der Waals surface area contributed by atoms with Crippen LogP contribution in [0.1, 0.15) is 387 Å². The molecule has 0 rings (SSSR count). The molecule has 3 N–H and O–H groups in total. The number of unbranched alkanes of at least 4 members (excludes halogenated alkanes) is 42. The maximum Gasteiger partial charge on any atom is 0.472 e. The van der Waals surface area contributed by atoms with E-state index in [1.165, 1.54) is 180 Å². The maximum atomic E-state index is 13.1. The summed E-state index contributed by atoms with van der Waals surface area (Å²) in [4.78, 5) is 73.1. The molecule has 0 aliphatic rings. The molecule has 0 amide bonds. The van der Waals surface area contributed by atoms with Crippen LogP contribution in [0.3, 0.4) is 0 Å². The summed E-state index contributed by atoms with van der Waals surface area (Å²) in [5.74, 6) is -2.22. The number of carbonyl (C=O) groups excluding carboxylic acids is 4. The van der Waals surface area contributed by atoms with Gasteiger partial charge in [0.15, 0.2) is 12.2 Å². The molecule has 17 nitrogen and oxygen atoms in total. The first-order chi connectivity index (χ1) is 50.7. The molecule has 5 atom stereocenters. The van der Waals surface area contributed by atoms with Crippen molar-refractivity contribution < 1.29 is 80.2 Å². The summed E-state index contributed by atoms with van der Waals surface area (Å²) in [6.45, 7) is 4.84. The van der Waals surface area contributed by atoms with E-state index in [-0.39, 0.29) is 25.7 Å². The molecule has 104 heavy (non-hydrogen) atoms. The third-order valence-corrected chi connectivity index (χ3v) is 20.1. The predicted molar refractivity (Wildman–Crippen MR) is 427 cm³/mol. The Balaban J connectivity index is 5.38. The topological polar surface area (TPSA) is 237 Å². The molecule has 0 radical (unpaired) electrons. The second-order valence-corrected chi connectivity index (χ2v) is 31.3. The lowest BCUT2D eigenvalue weighted by Crippen LogP contribution is -2.30. The van der Waals surface area contributed by atoms with Crippen LogP contribution in [0.5, 0.6) is 0 Å². The van der Waals surface area contributed by atoms with Gasteiger partial charge in [-0.15, -0.1) is 0 Å². The summed E-state index contributed by atoms with van der Waals surface area (Å²) in [5, 5.41) is 10.7. The number of rotatable bonds is 80. The van der Waals surface area contributed by atoms with Crippen molar-refractivity contribution in [1.29, 1.82) is 0 Å². The van der Waals surface area contributed by atoms with E-state index in [9.17, 15) is 43.2 Å². The van der Waals surface area contributed by atoms with Crippen molar-refractivity contribution in [2.24, 2.45) is 0 Å². The van der Waals surface area contributed by atoms with Crippen LogP contribution in [0.2, 0.25) is 0 Å². The van der Waals surface area contributed by atoms with Gasteiger partial charge < -0.3 is 33.8 Å². The smallest absolute Gasteiger partial charge is 0.462 e. The van der Waals surface area contributed by atoms with Crippen LogP contribution in [0.4, 0.5) is 0 Å². The number of aliphatic hydroxyl groups excluding tert-OH is 1. The highest BCUT2D eigenvalue weighted by Crippen LogP contribution is 2.45. The number of carbonyl (C=O) groups is 4. The molecule has 2 unspecified atom stereocenters. The SMILES string of the molecule is CCCCC/C=C\C/C=C\C/C=C\C/C=C\CCCC(=O)OC[C@H](COP(=O)(O)OC[C@@H](O)COP(=O)(O)OC[C@@H](COC(=O)CCCCCCC/C=C\C/C=C\CCCCC)OC(=O)CCCCCCCCCCCCCCCCC)OC(=O)CCCCCCCCCCCCCCCCCCC. The predicted octanol–water partition coefficient (Wildman–Crippen LogP) is 24.8. The van der Waals surface area contributed by atoms with Gasteiger partial charge in [-0.25, -0.2) is 9.13 Å². The van der Waals surface area contributed by atoms with Crippen LogP contribution in [0.15, 0.2) is 72.9 Å². The van der Waals surface area contributed by atoms with Crippen molar-refractivity contribution in [3.8, 4) is 0 Å². The largest absolute Gasteiger partial charge is 0.472 e. The first kappa shape index (κ1) is 100. The van der Waals surface area contributed by atoms with E-state index in [2.05, 4.69) is 88.5 Å². The van der Waals surface area contributed by atoms with Gasteiger partial charge in [-0.2, -0.15) is 0 Å². The molecule has 0 saturated heterocycles. The van der Waals surface area contributed by atoms with Gasteiger partial charge in [-0.3, -0.25) is 37.3 Å². The fraction of sp³-hybridized carbons (Fsp3) is 0.812. The third kappa shape index (κ3) is 76.7. The van der Waals surface area contributed by atoms with Crippen LogP contribution in [0.25, 0.3) is 0 Å². The number of hydrogen-bond acceptors (Lipinski definition) is 15. The number of ether oxygens (including phenoxy) is 4. The van der Waals surface area contributed by atoms with Crippen molar-refractivity contribution in [3.05, 3.63) is 72.9 Å². The molecule has 0 aliphatic carbocycles. The average molecular weight is 1510 g/mol. The molecule has 0 spiro atoms. The van der Waals surface area contributed by atoms with Gasteiger partial charge in [0, 0.05) is 25.7 Å². The Morgan fingerprint density at radius 1 is 0.269 bits per heavy atom. The van der Waals surface area contributed by atoms with Gasteiger partial charge in [0.05, 0.1) is 26.4 Å². The molecular formula is C85H154O17P2. The monoisotopic (exact) mass is 1510 g/mol. The van der Waals surface area contributed by atoms with Crippen LogP contribution in [-0.2, 0) is 65.4 Å². The number of esters is 4. The fourth-order valence-corrected chi connectivity index (χ4v) is 13.3. The van der Waals surface area contributed by atoms with Gasteiger partial charge in [0.1, 0.15) is 19.3 Å². The molecule has 0 aromatic rings. The zero-order valence-electron chi connectivity index (χ0n) is 66.5. The standard InChI is InChI=1S/C85H154O17P2/c1-5-9-13-17-21-25-29-33-37-39-43-46-50-54-58-62-66-70-83(88)96-76-81(102-85(90)72-68-64-60-56-52-48-44-40-38-34-30-26-22-18-14-10-6-2)78-100-104(93,94)98-74-79(86)73-97-103(91,92)99-77-80(101-84(89)71-67-63-59-55-51-47-42-36-32-28-24-20-16-12-8-4)75-95-82(87)69-65-61-57-53-49-45-41-35-31-27-23-19-15-11-7-3/h21,23,25,27,33,35,37,41,43,46,54,58,79-81,86H,5-20,22,24,26,28-32,34,36,38-40,42,44-45,47-53,55-57,59-78H2,1-4H3,(H,91,92)(H,93,94)/b25-21-,27-23-,37-33-,41-35-,46-43-,58-54-/t79-,80+,81+/m0/s1. The van der Waals surface area contributed by atoms with E-state index in [1.54, 1.807) is 0 Å². The van der Waals surface area contributed by atoms with Crippen LogP contribution in [0, 0.1) is 0 Å². The third-order valence-electron chi connectivity index (χ3n) is 18.2. The molecular weight excluding hydrogens is 1350 g/mol. The van der Waals surface area contributed by atoms with Crippen LogP contribution < -0.4 is 0 Å². The van der Waals surface area contributed by atoms with Crippen molar-refractivity contribution in [2.75, 3.05) is 39.6 Å². The molecule has 0 aromatic heterocycles. The summed E-state index contributed by atoms with van der Waals surface area (Å²) in [7, 11) is -9.96. The molecule has 0 aliphatic heterocycles.